The van der Waals surface area contributed by atoms with Crippen LogP contribution >= 0.6 is 11.6 Å². The summed E-state index contributed by atoms with van der Waals surface area (Å²) in [6.07, 6.45) is 0. The van der Waals surface area contributed by atoms with Gasteiger partial charge in [-0.1, -0.05) is 17.7 Å². The van der Waals surface area contributed by atoms with E-state index in [0.29, 0.717) is 0 Å². The summed E-state index contributed by atoms with van der Waals surface area (Å²) in [6.45, 7) is 7.69. The standard InChI is InChI=1S/C15H22ClN3/c1-5-19(10-11(2)9-17)13-6-7-14(12(3)18-4)15(16)8-13/h6-8,11-12,18H,5,10H2,1-4H3. The summed E-state index contributed by atoms with van der Waals surface area (Å²) >= 11 is 6.34. The van der Waals surface area contributed by atoms with Crippen molar-refractivity contribution in [3.63, 3.8) is 0 Å². The first-order chi connectivity index (χ1) is 9.03. The first kappa shape index (κ1) is 15.8. The Labute approximate surface area is 121 Å². The average Bonchev–Trinajstić information content (AvgIpc) is 2.43. The SMILES string of the molecule is CCN(CC(C)C#N)c1ccc(C(C)NC)c(Cl)c1. The largest absolute Gasteiger partial charge is 0.370 e. The van der Waals surface area contributed by atoms with E-state index in [-0.39, 0.29) is 12.0 Å². The number of hydrogen-bond acceptors (Lipinski definition) is 3. The molecule has 0 saturated carbocycles. The van der Waals surface area contributed by atoms with Crippen molar-refractivity contribution >= 4 is 17.3 Å². The van der Waals surface area contributed by atoms with Gasteiger partial charge in [-0.15, -0.1) is 0 Å². The third kappa shape index (κ3) is 4.12. The van der Waals surface area contributed by atoms with Crippen LogP contribution in [0.25, 0.3) is 0 Å². The van der Waals surface area contributed by atoms with Crippen LogP contribution in [0.15, 0.2) is 18.2 Å². The van der Waals surface area contributed by atoms with Gasteiger partial charge in [0, 0.05) is 29.8 Å². The maximum absolute atomic E-state index is 8.92. The van der Waals surface area contributed by atoms with Gasteiger partial charge in [0.2, 0.25) is 0 Å². The smallest absolute Gasteiger partial charge is 0.0671 e. The highest BCUT2D eigenvalue weighted by Gasteiger charge is 2.13. The molecule has 104 valence electrons. The molecule has 1 aromatic rings. The number of nitriles is 1. The third-order valence-electron chi connectivity index (χ3n) is 3.35. The van der Waals surface area contributed by atoms with E-state index in [4.69, 9.17) is 16.9 Å². The topological polar surface area (TPSA) is 39.1 Å². The Morgan fingerprint density at radius 1 is 1.42 bits per heavy atom. The fraction of sp³-hybridized carbons (Fsp3) is 0.533. The van der Waals surface area contributed by atoms with E-state index in [2.05, 4.69) is 42.3 Å². The predicted molar refractivity (Wildman–Crippen MR) is 81.6 cm³/mol. The summed E-state index contributed by atoms with van der Waals surface area (Å²) in [5, 5.41) is 12.9. The minimum Gasteiger partial charge on any atom is -0.370 e. The molecule has 0 fully saturated rings. The first-order valence-electron chi connectivity index (χ1n) is 6.64. The van der Waals surface area contributed by atoms with Crippen LogP contribution in [0.2, 0.25) is 5.02 Å². The monoisotopic (exact) mass is 279 g/mol. The van der Waals surface area contributed by atoms with E-state index in [1.54, 1.807) is 0 Å². The van der Waals surface area contributed by atoms with Crippen molar-refractivity contribution in [3.05, 3.63) is 28.8 Å². The fourth-order valence-electron chi connectivity index (χ4n) is 2.01. The van der Waals surface area contributed by atoms with Gasteiger partial charge < -0.3 is 10.2 Å². The molecule has 0 aromatic heterocycles. The third-order valence-corrected chi connectivity index (χ3v) is 3.67. The lowest BCUT2D eigenvalue weighted by Gasteiger charge is -2.25. The van der Waals surface area contributed by atoms with Gasteiger partial charge >= 0.3 is 0 Å². The molecular formula is C15H22ClN3. The predicted octanol–water partition coefficient (Wildman–Crippen LogP) is 3.61. The van der Waals surface area contributed by atoms with Crippen LogP contribution in [0.5, 0.6) is 0 Å². The van der Waals surface area contributed by atoms with Gasteiger partial charge in [0.1, 0.15) is 0 Å². The van der Waals surface area contributed by atoms with Crippen molar-refractivity contribution in [1.82, 2.24) is 5.32 Å². The molecular weight excluding hydrogens is 258 g/mol. The molecule has 0 bridgehead atoms. The zero-order valence-corrected chi connectivity index (χ0v) is 12.8. The van der Waals surface area contributed by atoms with Crippen LogP contribution in [0.3, 0.4) is 0 Å². The van der Waals surface area contributed by atoms with Crippen molar-refractivity contribution in [1.29, 1.82) is 5.26 Å². The van der Waals surface area contributed by atoms with Crippen molar-refractivity contribution < 1.29 is 0 Å². The minimum absolute atomic E-state index is 0.00892. The lowest BCUT2D eigenvalue weighted by Crippen LogP contribution is -2.27. The van der Waals surface area contributed by atoms with Crippen LogP contribution in [0.1, 0.15) is 32.4 Å². The highest BCUT2D eigenvalue weighted by atomic mass is 35.5. The number of benzene rings is 1. The van der Waals surface area contributed by atoms with E-state index in [1.807, 2.05) is 20.0 Å². The van der Waals surface area contributed by atoms with Gasteiger partial charge in [0.15, 0.2) is 0 Å². The normalized spacial score (nSPS) is 13.7. The Bertz CT molecular complexity index is 453. The highest BCUT2D eigenvalue weighted by Crippen LogP contribution is 2.28. The maximum atomic E-state index is 8.92. The Kier molecular flexibility index (Phi) is 6.14. The van der Waals surface area contributed by atoms with Crippen LogP contribution < -0.4 is 10.2 Å². The molecule has 0 aliphatic carbocycles. The zero-order valence-electron chi connectivity index (χ0n) is 12.1. The number of rotatable bonds is 6. The summed E-state index contributed by atoms with van der Waals surface area (Å²) < 4.78 is 0. The van der Waals surface area contributed by atoms with E-state index in [0.717, 1.165) is 29.4 Å². The average molecular weight is 280 g/mol. The summed E-state index contributed by atoms with van der Waals surface area (Å²) in [7, 11) is 1.92. The van der Waals surface area contributed by atoms with Gasteiger partial charge in [-0.25, -0.2) is 0 Å². The number of anilines is 1. The molecule has 0 spiro atoms. The molecule has 19 heavy (non-hydrogen) atoms. The molecule has 4 heteroatoms. The quantitative estimate of drug-likeness (QED) is 0.865. The molecule has 1 rings (SSSR count). The molecule has 3 nitrogen and oxygen atoms in total. The van der Waals surface area contributed by atoms with Gasteiger partial charge in [-0.2, -0.15) is 5.26 Å². The summed E-state index contributed by atoms with van der Waals surface area (Å²) in [5.74, 6) is 0.00892. The summed E-state index contributed by atoms with van der Waals surface area (Å²) in [6, 6.07) is 8.61. The van der Waals surface area contributed by atoms with Crippen LogP contribution in [0, 0.1) is 17.2 Å². The lowest BCUT2D eigenvalue weighted by atomic mass is 10.1. The summed E-state index contributed by atoms with van der Waals surface area (Å²) in [4.78, 5) is 2.17. The molecule has 1 aromatic carbocycles. The van der Waals surface area contributed by atoms with Gasteiger partial charge in [0.25, 0.3) is 0 Å². The molecule has 1 N–H and O–H groups in total. The zero-order chi connectivity index (χ0) is 14.4. The van der Waals surface area contributed by atoms with Crippen LogP contribution in [-0.4, -0.2) is 20.1 Å². The van der Waals surface area contributed by atoms with Crippen molar-refractivity contribution in [2.75, 3.05) is 25.0 Å². The Hall–Kier alpha value is -1.24. The van der Waals surface area contributed by atoms with Crippen LogP contribution in [0.4, 0.5) is 5.69 Å². The second-order valence-corrected chi connectivity index (χ2v) is 5.19. The van der Waals surface area contributed by atoms with Gasteiger partial charge in [-0.3, -0.25) is 0 Å². The van der Waals surface area contributed by atoms with E-state index >= 15 is 0 Å². The maximum Gasteiger partial charge on any atom is 0.0671 e. The second kappa shape index (κ2) is 7.37. The number of hydrogen-bond donors (Lipinski definition) is 1. The molecule has 2 atom stereocenters. The van der Waals surface area contributed by atoms with Gasteiger partial charge in [0.05, 0.1) is 12.0 Å². The molecule has 0 aliphatic rings. The van der Waals surface area contributed by atoms with E-state index in [1.165, 1.54) is 0 Å². The van der Waals surface area contributed by atoms with E-state index in [9.17, 15) is 0 Å². The Morgan fingerprint density at radius 3 is 2.58 bits per heavy atom. The highest BCUT2D eigenvalue weighted by molar-refractivity contribution is 6.31. The Morgan fingerprint density at radius 2 is 2.11 bits per heavy atom. The lowest BCUT2D eigenvalue weighted by molar-refractivity contribution is 0.651. The molecule has 0 radical (unpaired) electrons. The molecule has 0 amide bonds. The Balaban J connectivity index is 2.95. The van der Waals surface area contributed by atoms with Crippen LogP contribution in [-0.2, 0) is 0 Å². The number of halogens is 1. The number of nitrogens with one attached hydrogen (secondary N) is 1. The molecule has 2 unspecified atom stereocenters. The summed E-state index contributed by atoms with van der Waals surface area (Å²) in [5.41, 5.74) is 2.17. The molecule has 0 saturated heterocycles. The van der Waals surface area contributed by atoms with Crippen molar-refractivity contribution in [2.45, 2.75) is 26.8 Å². The molecule has 0 heterocycles. The van der Waals surface area contributed by atoms with Gasteiger partial charge in [-0.05, 0) is 45.5 Å². The molecule has 0 aliphatic heterocycles. The minimum atomic E-state index is 0.00892. The first-order valence-corrected chi connectivity index (χ1v) is 7.02. The van der Waals surface area contributed by atoms with E-state index < -0.39 is 0 Å². The van der Waals surface area contributed by atoms with Crippen molar-refractivity contribution in [3.8, 4) is 6.07 Å². The van der Waals surface area contributed by atoms with Crippen molar-refractivity contribution in [2.24, 2.45) is 5.92 Å². The number of nitrogens with zero attached hydrogens (tertiary/aromatic N) is 2. The fourth-order valence-corrected chi connectivity index (χ4v) is 2.35. The second-order valence-electron chi connectivity index (χ2n) is 4.78.